The molecule has 0 amide bonds. The first-order valence-corrected chi connectivity index (χ1v) is 6.32. The third-order valence-corrected chi connectivity index (χ3v) is 3.64. The summed E-state index contributed by atoms with van der Waals surface area (Å²) in [6, 6.07) is 3.14. The van der Waals surface area contributed by atoms with Crippen LogP contribution < -0.4 is 0 Å². The highest BCUT2D eigenvalue weighted by Crippen LogP contribution is 2.28. The van der Waals surface area contributed by atoms with Crippen molar-refractivity contribution in [2.24, 2.45) is 0 Å². The number of fused-ring (bicyclic) bond motifs is 1. The maximum atomic E-state index is 13.4. The Balaban J connectivity index is 2.10. The van der Waals surface area contributed by atoms with Gasteiger partial charge >= 0.3 is 0 Å². The average Bonchev–Trinajstić information content (AvgIpc) is 2.74. The van der Waals surface area contributed by atoms with Crippen LogP contribution in [0.1, 0.15) is 18.9 Å². The second-order valence-electron chi connectivity index (χ2n) is 4.13. The third kappa shape index (κ3) is 1.95. The SMILES string of the molecule is Fc1cc(Br)c2nnn(C3CCOCC3)c2c1. The van der Waals surface area contributed by atoms with Crippen molar-refractivity contribution in [1.29, 1.82) is 0 Å². The topological polar surface area (TPSA) is 39.9 Å². The smallest absolute Gasteiger partial charge is 0.127 e. The highest BCUT2D eigenvalue weighted by atomic mass is 79.9. The molecule has 1 aromatic heterocycles. The van der Waals surface area contributed by atoms with Crippen LogP contribution in [0.5, 0.6) is 0 Å². The summed E-state index contributed by atoms with van der Waals surface area (Å²) in [5.74, 6) is -0.278. The van der Waals surface area contributed by atoms with Gasteiger partial charge in [-0.1, -0.05) is 5.21 Å². The predicted octanol–water partition coefficient (Wildman–Crippen LogP) is 2.68. The molecule has 0 spiro atoms. The molecule has 90 valence electrons. The molecule has 0 N–H and O–H groups in total. The van der Waals surface area contributed by atoms with Gasteiger partial charge in [-0.25, -0.2) is 9.07 Å². The minimum absolute atomic E-state index is 0.252. The summed E-state index contributed by atoms with van der Waals surface area (Å²) in [6.45, 7) is 1.45. The first-order valence-electron chi connectivity index (χ1n) is 5.53. The molecule has 1 aliphatic heterocycles. The molecule has 1 aliphatic rings. The van der Waals surface area contributed by atoms with Crippen molar-refractivity contribution in [3.8, 4) is 0 Å². The number of hydrogen-bond donors (Lipinski definition) is 0. The van der Waals surface area contributed by atoms with Crippen molar-refractivity contribution in [2.45, 2.75) is 18.9 Å². The van der Waals surface area contributed by atoms with Crippen molar-refractivity contribution < 1.29 is 9.13 Å². The van der Waals surface area contributed by atoms with Gasteiger partial charge in [-0.3, -0.25) is 0 Å². The Kier molecular flexibility index (Phi) is 2.84. The van der Waals surface area contributed by atoms with E-state index in [0.717, 1.165) is 31.6 Å². The van der Waals surface area contributed by atoms with E-state index in [4.69, 9.17) is 4.74 Å². The standard InChI is InChI=1S/C11H11BrFN3O/c12-9-5-7(13)6-10-11(9)14-15-16(10)8-1-3-17-4-2-8/h5-6,8H,1-4H2. The van der Waals surface area contributed by atoms with E-state index in [2.05, 4.69) is 26.2 Å². The lowest BCUT2D eigenvalue weighted by Crippen LogP contribution is -2.20. The summed E-state index contributed by atoms with van der Waals surface area (Å²) in [5, 5.41) is 8.23. The molecule has 0 atom stereocenters. The fraction of sp³-hybridized carbons (Fsp3) is 0.455. The molecule has 0 unspecified atom stereocenters. The Hall–Kier alpha value is -1.01. The molecule has 2 heterocycles. The summed E-state index contributed by atoms with van der Waals surface area (Å²) in [5.41, 5.74) is 1.45. The maximum absolute atomic E-state index is 13.4. The second-order valence-corrected chi connectivity index (χ2v) is 4.99. The maximum Gasteiger partial charge on any atom is 0.127 e. The first-order chi connectivity index (χ1) is 8.25. The van der Waals surface area contributed by atoms with Crippen LogP contribution in [0.4, 0.5) is 4.39 Å². The van der Waals surface area contributed by atoms with Gasteiger partial charge in [-0.2, -0.15) is 0 Å². The normalized spacial score (nSPS) is 17.8. The van der Waals surface area contributed by atoms with Crippen molar-refractivity contribution >= 4 is 27.0 Å². The molecule has 2 aromatic rings. The van der Waals surface area contributed by atoms with Crippen LogP contribution in [0.2, 0.25) is 0 Å². The number of hydrogen-bond acceptors (Lipinski definition) is 3. The highest BCUT2D eigenvalue weighted by Gasteiger charge is 2.20. The molecule has 6 heteroatoms. The molecule has 4 nitrogen and oxygen atoms in total. The molecule has 0 saturated carbocycles. The number of aromatic nitrogens is 3. The summed E-state index contributed by atoms with van der Waals surface area (Å²) in [6.07, 6.45) is 1.79. The summed E-state index contributed by atoms with van der Waals surface area (Å²) >= 11 is 3.30. The van der Waals surface area contributed by atoms with E-state index in [0.29, 0.717) is 9.99 Å². The first kappa shape index (κ1) is 11.1. The molecular formula is C11H11BrFN3O. The monoisotopic (exact) mass is 299 g/mol. The molecule has 1 saturated heterocycles. The molecule has 0 radical (unpaired) electrons. The average molecular weight is 300 g/mol. The van der Waals surface area contributed by atoms with Crippen LogP contribution >= 0.6 is 15.9 Å². The van der Waals surface area contributed by atoms with E-state index in [1.54, 1.807) is 0 Å². The fourth-order valence-corrected chi connectivity index (χ4v) is 2.67. The van der Waals surface area contributed by atoms with E-state index in [1.165, 1.54) is 12.1 Å². The minimum atomic E-state index is -0.278. The van der Waals surface area contributed by atoms with Crippen LogP contribution in [0, 0.1) is 5.82 Å². The van der Waals surface area contributed by atoms with Gasteiger partial charge in [0.25, 0.3) is 0 Å². The summed E-state index contributed by atoms with van der Waals surface area (Å²) in [4.78, 5) is 0. The van der Waals surface area contributed by atoms with Gasteiger partial charge in [0.2, 0.25) is 0 Å². The molecule has 1 fully saturated rings. The number of rotatable bonds is 1. The van der Waals surface area contributed by atoms with Gasteiger partial charge in [0.15, 0.2) is 0 Å². The lowest BCUT2D eigenvalue weighted by molar-refractivity contribution is 0.0669. The van der Waals surface area contributed by atoms with E-state index >= 15 is 0 Å². The van der Waals surface area contributed by atoms with Gasteiger partial charge in [0, 0.05) is 19.3 Å². The Morgan fingerprint density at radius 2 is 2.12 bits per heavy atom. The fourth-order valence-electron chi connectivity index (χ4n) is 2.17. The number of ether oxygens (including phenoxy) is 1. The Labute approximate surface area is 106 Å². The molecular weight excluding hydrogens is 289 g/mol. The van der Waals surface area contributed by atoms with Crippen molar-refractivity contribution in [3.05, 3.63) is 22.4 Å². The number of nitrogens with zero attached hydrogens (tertiary/aromatic N) is 3. The zero-order chi connectivity index (χ0) is 11.8. The van der Waals surface area contributed by atoms with Crippen molar-refractivity contribution in [2.75, 3.05) is 13.2 Å². The van der Waals surface area contributed by atoms with Crippen molar-refractivity contribution in [1.82, 2.24) is 15.0 Å². The van der Waals surface area contributed by atoms with Gasteiger partial charge in [-0.05, 0) is 34.8 Å². The molecule has 0 aliphatic carbocycles. The number of benzene rings is 1. The van der Waals surface area contributed by atoms with Gasteiger partial charge in [0.05, 0.1) is 16.0 Å². The number of halogens is 2. The zero-order valence-corrected chi connectivity index (χ0v) is 10.7. The lowest BCUT2D eigenvalue weighted by atomic mass is 10.1. The Morgan fingerprint density at radius 3 is 2.88 bits per heavy atom. The van der Waals surface area contributed by atoms with Gasteiger partial charge in [-0.15, -0.1) is 5.10 Å². The van der Waals surface area contributed by atoms with E-state index in [1.807, 2.05) is 4.68 Å². The highest BCUT2D eigenvalue weighted by molar-refractivity contribution is 9.10. The summed E-state index contributed by atoms with van der Waals surface area (Å²) < 4.78 is 21.2. The molecule has 17 heavy (non-hydrogen) atoms. The van der Waals surface area contributed by atoms with Crippen LogP contribution in [0.3, 0.4) is 0 Å². The third-order valence-electron chi connectivity index (χ3n) is 3.03. The minimum Gasteiger partial charge on any atom is -0.381 e. The molecule has 0 bridgehead atoms. The zero-order valence-electron chi connectivity index (χ0n) is 9.07. The Bertz CT molecular complexity index is 551. The lowest BCUT2D eigenvalue weighted by Gasteiger charge is -2.22. The van der Waals surface area contributed by atoms with E-state index in [9.17, 15) is 4.39 Å². The van der Waals surface area contributed by atoms with Crippen LogP contribution in [-0.2, 0) is 4.74 Å². The van der Waals surface area contributed by atoms with E-state index in [-0.39, 0.29) is 11.9 Å². The molecule has 3 rings (SSSR count). The molecule has 1 aromatic carbocycles. The van der Waals surface area contributed by atoms with Crippen LogP contribution in [-0.4, -0.2) is 28.2 Å². The predicted molar refractivity (Wildman–Crippen MR) is 64.3 cm³/mol. The van der Waals surface area contributed by atoms with Gasteiger partial charge in [0.1, 0.15) is 11.3 Å². The summed E-state index contributed by atoms with van der Waals surface area (Å²) in [7, 11) is 0. The van der Waals surface area contributed by atoms with Crippen LogP contribution in [0.25, 0.3) is 11.0 Å². The van der Waals surface area contributed by atoms with E-state index < -0.39 is 0 Å². The quantitative estimate of drug-likeness (QED) is 0.813. The van der Waals surface area contributed by atoms with Crippen LogP contribution in [0.15, 0.2) is 16.6 Å². The largest absolute Gasteiger partial charge is 0.381 e. The Morgan fingerprint density at radius 1 is 1.35 bits per heavy atom. The van der Waals surface area contributed by atoms with Gasteiger partial charge < -0.3 is 4.74 Å². The van der Waals surface area contributed by atoms with Crippen molar-refractivity contribution in [3.63, 3.8) is 0 Å². The second kappa shape index (κ2) is 4.34.